The molecular weight excluding hydrogens is 266 g/mol. The first-order valence-electron chi connectivity index (χ1n) is 7.45. The van der Waals surface area contributed by atoms with Crippen molar-refractivity contribution in [2.75, 3.05) is 32.7 Å². The summed E-state index contributed by atoms with van der Waals surface area (Å²) in [6, 6.07) is 7.90. The van der Waals surface area contributed by atoms with Crippen LogP contribution < -0.4 is 5.32 Å². The summed E-state index contributed by atoms with van der Waals surface area (Å²) in [5, 5.41) is 2.70. The van der Waals surface area contributed by atoms with Crippen molar-refractivity contribution >= 4 is 11.8 Å². The lowest BCUT2D eigenvalue weighted by atomic mass is 10.1. The second kappa shape index (κ2) is 7.22. The maximum absolute atomic E-state index is 12.1. The molecule has 2 amide bonds. The van der Waals surface area contributed by atoms with E-state index in [0.29, 0.717) is 19.6 Å². The molecule has 1 N–H and O–H groups in total. The number of carbonyl (C=O) groups excluding carboxylic acids is 2. The summed E-state index contributed by atoms with van der Waals surface area (Å²) < 4.78 is 0. The van der Waals surface area contributed by atoms with Gasteiger partial charge in [0.15, 0.2) is 0 Å². The normalized spacial score (nSPS) is 15.8. The van der Waals surface area contributed by atoms with Gasteiger partial charge in [0.05, 0.1) is 0 Å². The van der Waals surface area contributed by atoms with Gasteiger partial charge >= 0.3 is 11.8 Å². The summed E-state index contributed by atoms with van der Waals surface area (Å²) >= 11 is 0. The van der Waals surface area contributed by atoms with Crippen molar-refractivity contribution < 1.29 is 9.59 Å². The molecule has 0 aromatic heterocycles. The van der Waals surface area contributed by atoms with E-state index in [0.717, 1.165) is 25.2 Å². The third kappa shape index (κ3) is 4.29. The molecular formula is C16H23N3O2. The highest BCUT2D eigenvalue weighted by Crippen LogP contribution is 2.04. The molecule has 1 fully saturated rings. The number of piperazine rings is 1. The zero-order valence-electron chi connectivity index (χ0n) is 12.8. The molecule has 0 radical (unpaired) electrons. The van der Waals surface area contributed by atoms with Crippen LogP contribution in [0.4, 0.5) is 0 Å². The monoisotopic (exact) mass is 289 g/mol. The molecule has 1 heterocycles. The molecule has 1 aliphatic rings. The van der Waals surface area contributed by atoms with E-state index in [1.165, 1.54) is 5.56 Å². The average molecular weight is 289 g/mol. The van der Waals surface area contributed by atoms with Crippen LogP contribution in [0.3, 0.4) is 0 Å². The van der Waals surface area contributed by atoms with E-state index < -0.39 is 11.8 Å². The van der Waals surface area contributed by atoms with Gasteiger partial charge in [-0.3, -0.25) is 9.59 Å². The smallest absolute Gasteiger partial charge is 0.311 e. The van der Waals surface area contributed by atoms with Crippen LogP contribution >= 0.6 is 0 Å². The van der Waals surface area contributed by atoms with Crippen molar-refractivity contribution in [1.82, 2.24) is 15.1 Å². The number of amides is 2. The Labute approximate surface area is 125 Å². The zero-order chi connectivity index (χ0) is 15.2. The van der Waals surface area contributed by atoms with Crippen LogP contribution in [0.1, 0.15) is 18.1 Å². The Balaban J connectivity index is 1.80. The first kappa shape index (κ1) is 15.5. The predicted molar refractivity (Wildman–Crippen MR) is 81.7 cm³/mol. The van der Waals surface area contributed by atoms with Crippen LogP contribution in [-0.2, 0) is 16.1 Å². The number of carbonyl (C=O) groups is 2. The van der Waals surface area contributed by atoms with Gasteiger partial charge in [-0.2, -0.15) is 0 Å². The van der Waals surface area contributed by atoms with Crippen molar-refractivity contribution in [1.29, 1.82) is 0 Å². The van der Waals surface area contributed by atoms with Crippen LogP contribution in [0.2, 0.25) is 0 Å². The largest absolute Gasteiger partial charge is 0.344 e. The highest BCUT2D eigenvalue weighted by Gasteiger charge is 2.25. The van der Waals surface area contributed by atoms with Crippen molar-refractivity contribution in [3.05, 3.63) is 35.4 Å². The van der Waals surface area contributed by atoms with Crippen LogP contribution in [0.25, 0.3) is 0 Å². The van der Waals surface area contributed by atoms with Crippen molar-refractivity contribution in [3.63, 3.8) is 0 Å². The highest BCUT2D eigenvalue weighted by molar-refractivity contribution is 6.34. The van der Waals surface area contributed by atoms with E-state index in [-0.39, 0.29) is 0 Å². The zero-order valence-corrected chi connectivity index (χ0v) is 12.8. The molecule has 114 valence electrons. The van der Waals surface area contributed by atoms with Crippen molar-refractivity contribution in [2.45, 2.75) is 20.4 Å². The molecule has 0 saturated carbocycles. The average Bonchev–Trinajstić information content (AvgIpc) is 2.53. The number of aryl methyl sites for hydroxylation is 1. The number of hydrogen-bond donors (Lipinski definition) is 1. The van der Waals surface area contributed by atoms with Gasteiger partial charge in [-0.25, -0.2) is 0 Å². The lowest BCUT2D eigenvalue weighted by Crippen LogP contribution is -2.52. The number of likely N-dealkylation sites (N-methyl/N-ethyl adjacent to an activating group) is 1. The Kier molecular flexibility index (Phi) is 5.33. The molecule has 0 bridgehead atoms. The minimum atomic E-state index is -0.513. The molecule has 5 heteroatoms. The Bertz CT molecular complexity index is 491. The fraction of sp³-hybridized carbons (Fsp3) is 0.500. The Morgan fingerprint density at radius 1 is 1.10 bits per heavy atom. The quantitative estimate of drug-likeness (QED) is 0.837. The summed E-state index contributed by atoms with van der Waals surface area (Å²) in [5.41, 5.74) is 2.17. The number of benzene rings is 1. The number of nitrogens with zero attached hydrogens (tertiary/aromatic N) is 2. The van der Waals surface area contributed by atoms with Gasteiger partial charge in [0, 0.05) is 32.7 Å². The minimum absolute atomic E-state index is 0.389. The molecule has 0 unspecified atom stereocenters. The van der Waals surface area contributed by atoms with Crippen LogP contribution in [0, 0.1) is 6.92 Å². The molecule has 1 saturated heterocycles. The summed E-state index contributed by atoms with van der Waals surface area (Å²) in [7, 11) is 0. The van der Waals surface area contributed by atoms with Gasteiger partial charge in [0.25, 0.3) is 0 Å². The minimum Gasteiger partial charge on any atom is -0.344 e. The fourth-order valence-corrected chi connectivity index (χ4v) is 2.37. The molecule has 0 aliphatic carbocycles. The third-order valence-electron chi connectivity index (χ3n) is 3.87. The standard InChI is InChI=1S/C16H23N3O2/c1-3-18-8-10-19(11-9-18)16(21)15(20)17-12-14-6-4-13(2)5-7-14/h4-7H,3,8-12H2,1-2H3,(H,17,20). The summed E-state index contributed by atoms with van der Waals surface area (Å²) in [6.07, 6.45) is 0. The third-order valence-corrected chi connectivity index (χ3v) is 3.87. The maximum Gasteiger partial charge on any atom is 0.311 e. The molecule has 1 aliphatic heterocycles. The summed E-state index contributed by atoms with van der Waals surface area (Å²) in [5.74, 6) is -0.932. The van der Waals surface area contributed by atoms with Gasteiger partial charge < -0.3 is 15.1 Å². The first-order valence-corrected chi connectivity index (χ1v) is 7.45. The molecule has 5 nitrogen and oxygen atoms in total. The predicted octanol–water partition coefficient (Wildman–Crippen LogP) is 0.775. The van der Waals surface area contributed by atoms with E-state index in [1.807, 2.05) is 31.2 Å². The van der Waals surface area contributed by atoms with E-state index in [2.05, 4.69) is 17.1 Å². The fourth-order valence-electron chi connectivity index (χ4n) is 2.37. The van der Waals surface area contributed by atoms with Crippen molar-refractivity contribution in [2.24, 2.45) is 0 Å². The van der Waals surface area contributed by atoms with E-state index in [1.54, 1.807) is 4.90 Å². The lowest BCUT2D eigenvalue weighted by Gasteiger charge is -2.33. The molecule has 0 atom stereocenters. The number of hydrogen-bond acceptors (Lipinski definition) is 3. The SMILES string of the molecule is CCN1CCN(C(=O)C(=O)NCc2ccc(C)cc2)CC1. The Morgan fingerprint density at radius 2 is 1.71 bits per heavy atom. The molecule has 2 rings (SSSR count). The van der Waals surface area contributed by atoms with E-state index >= 15 is 0 Å². The number of rotatable bonds is 3. The van der Waals surface area contributed by atoms with E-state index in [9.17, 15) is 9.59 Å². The van der Waals surface area contributed by atoms with E-state index in [4.69, 9.17) is 0 Å². The van der Waals surface area contributed by atoms with Crippen molar-refractivity contribution in [3.8, 4) is 0 Å². The number of nitrogens with one attached hydrogen (secondary N) is 1. The first-order chi connectivity index (χ1) is 10.1. The second-order valence-electron chi connectivity index (χ2n) is 5.39. The Morgan fingerprint density at radius 3 is 2.29 bits per heavy atom. The highest BCUT2D eigenvalue weighted by atomic mass is 16.2. The summed E-state index contributed by atoms with van der Waals surface area (Å²) in [6.45, 7) is 8.44. The topological polar surface area (TPSA) is 52.7 Å². The maximum atomic E-state index is 12.1. The van der Waals surface area contributed by atoms with Crippen LogP contribution in [0.15, 0.2) is 24.3 Å². The van der Waals surface area contributed by atoms with Crippen LogP contribution in [-0.4, -0.2) is 54.3 Å². The molecule has 1 aromatic carbocycles. The van der Waals surface area contributed by atoms with Gasteiger partial charge in [0.1, 0.15) is 0 Å². The summed E-state index contributed by atoms with van der Waals surface area (Å²) in [4.78, 5) is 27.9. The van der Waals surface area contributed by atoms with Gasteiger partial charge in [-0.05, 0) is 19.0 Å². The van der Waals surface area contributed by atoms with Gasteiger partial charge in [-0.1, -0.05) is 36.8 Å². The second-order valence-corrected chi connectivity index (χ2v) is 5.39. The Hall–Kier alpha value is -1.88. The molecule has 0 spiro atoms. The van der Waals surface area contributed by atoms with Crippen LogP contribution in [0.5, 0.6) is 0 Å². The van der Waals surface area contributed by atoms with Gasteiger partial charge in [-0.15, -0.1) is 0 Å². The van der Waals surface area contributed by atoms with Gasteiger partial charge in [0.2, 0.25) is 0 Å². The lowest BCUT2D eigenvalue weighted by molar-refractivity contribution is -0.147. The molecule has 21 heavy (non-hydrogen) atoms. The molecule has 1 aromatic rings.